The summed E-state index contributed by atoms with van der Waals surface area (Å²) in [6, 6.07) is 10.8. The number of aryl methyl sites for hydroxylation is 1. The Morgan fingerprint density at radius 3 is 2.63 bits per heavy atom. The van der Waals surface area contributed by atoms with Crippen LogP contribution in [0.4, 0.5) is 11.4 Å². The average molecular weight is 387 g/mol. The number of para-hydroxylation sites is 1. The van der Waals surface area contributed by atoms with E-state index in [0.717, 1.165) is 22.4 Å². The minimum atomic E-state index is -3.71. The number of sulfonamides is 1. The molecule has 2 aromatic rings. The summed E-state index contributed by atoms with van der Waals surface area (Å²) < 4.78 is 28.8. The van der Waals surface area contributed by atoms with Crippen molar-refractivity contribution >= 4 is 27.3 Å². The number of anilines is 2. The van der Waals surface area contributed by atoms with Crippen molar-refractivity contribution in [2.45, 2.75) is 51.3 Å². The Morgan fingerprint density at radius 1 is 1.22 bits per heavy atom. The number of amides is 1. The Hall–Kier alpha value is -2.34. The largest absolute Gasteiger partial charge is 0.312 e. The van der Waals surface area contributed by atoms with Crippen molar-refractivity contribution in [3.63, 3.8) is 0 Å². The Balaban J connectivity index is 1.95. The maximum absolute atomic E-state index is 13.0. The summed E-state index contributed by atoms with van der Waals surface area (Å²) in [6.45, 7) is 8.43. The van der Waals surface area contributed by atoms with E-state index in [1.165, 1.54) is 0 Å². The Labute approximate surface area is 161 Å². The number of hydrogen-bond donors (Lipinski definition) is 1. The zero-order valence-corrected chi connectivity index (χ0v) is 17.1. The summed E-state index contributed by atoms with van der Waals surface area (Å²) in [5.74, 6) is 0.264. The topological polar surface area (TPSA) is 66.5 Å². The van der Waals surface area contributed by atoms with Crippen LogP contribution in [-0.2, 0) is 21.2 Å². The van der Waals surface area contributed by atoms with Crippen molar-refractivity contribution in [3.05, 3.63) is 53.1 Å². The molecule has 1 aliphatic heterocycles. The van der Waals surface area contributed by atoms with Gasteiger partial charge >= 0.3 is 0 Å². The van der Waals surface area contributed by atoms with E-state index in [9.17, 15) is 13.2 Å². The van der Waals surface area contributed by atoms with Crippen LogP contribution < -0.4 is 9.62 Å². The molecule has 0 saturated heterocycles. The standard InChI is InChI=1S/C21H26N2O3S/c1-5-20(24)23-12-11-16-13-17(9-10-19(16)23)27(25,26)22-21-15(4)7-6-8-18(21)14(2)3/h6-10,13-14,22H,5,11-12H2,1-4H3. The van der Waals surface area contributed by atoms with Gasteiger partial charge in [-0.15, -0.1) is 0 Å². The van der Waals surface area contributed by atoms with Crippen molar-refractivity contribution in [3.8, 4) is 0 Å². The van der Waals surface area contributed by atoms with Gasteiger partial charge in [-0.3, -0.25) is 9.52 Å². The van der Waals surface area contributed by atoms with Crippen molar-refractivity contribution in [2.75, 3.05) is 16.2 Å². The monoisotopic (exact) mass is 386 g/mol. The number of carbonyl (C=O) groups is 1. The molecule has 1 amide bonds. The van der Waals surface area contributed by atoms with Crippen LogP contribution in [0.25, 0.3) is 0 Å². The van der Waals surface area contributed by atoms with Gasteiger partial charge in [-0.2, -0.15) is 0 Å². The highest BCUT2D eigenvalue weighted by Crippen LogP contribution is 2.33. The Morgan fingerprint density at radius 2 is 1.96 bits per heavy atom. The SMILES string of the molecule is CCC(=O)N1CCc2cc(S(=O)(=O)Nc3c(C)cccc3C(C)C)ccc21. The molecule has 0 spiro atoms. The number of rotatable bonds is 5. The second kappa shape index (κ2) is 7.35. The molecule has 0 radical (unpaired) electrons. The maximum Gasteiger partial charge on any atom is 0.261 e. The van der Waals surface area contributed by atoms with Gasteiger partial charge in [0.1, 0.15) is 0 Å². The van der Waals surface area contributed by atoms with Crippen molar-refractivity contribution in [1.29, 1.82) is 0 Å². The van der Waals surface area contributed by atoms with Gasteiger partial charge in [0, 0.05) is 18.7 Å². The third kappa shape index (κ3) is 3.72. The molecule has 1 aliphatic rings. The highest BCUT2D eigenvalue weighted by Gasteiger charge is 2.26. The molecule has 0 aromatic heterocycles. The lowest BCUT2D eigenvalue weighted by Gasteiger charge is -2.18. The van der Waals surface area contributed by atoms with E-state index >= 15 is 0 Å². The van der Waals surface area contributed by atoms with Crippen LogP contribution in [0.2, 0.25) is 0 Å². The van der Waals surface area contributed by atoms with Crippen LogP contribution in [0, 0.1) is 6.92 Å². The van der Waals surface area contributed by atoms with Gasteiger partial charge in [-0.05, 0) is 54.2 Å². The average Bonchev–Trinajstić information content (AvgIpc) is 3.05. The fourth-order valence-electron chi connectivity index (χ4n) is 3.50. The summed E-state index contributed by atoms with van der Waals surface area (Å²) in [4.78, 5) is 14.0. The van der Waals surface area contributed by atoms with Crippen molar-refractivity contribution < 1.29 is 13.2 Å². The van der Waals surface area contributed by atoms with E-state index in [1.807, 2.05) is 45.9 Å². The van der Waals surface area contributed by atoms with E-state index in [2.05, 4.69) is 4.72 Å². The van der Waals surface area contributed by atoms with Crippen molar-refractivity contribution in [1.82, 2.24) is 0 Å². The van der Waals surface area contributed by atoms with Crippen molar-refractivity contribution in [2.24, 2.45) is 0 Å². The van der Waals surface area contributed by atoms with Gasteiger partial charge in [0.2, 0.25) is 5.91 Å². The van der Waals surface area contributed by atoms with E-state index in [-0.39, 0.29) is 16.7 Å². The molecule has 6 heteroatoms. The fraction of sp³-hybridized carbons (Fsp3) is 0.381. The first-order valence-electron chi connectivity index (χ1n) is 9.30. The molecule has 0 aliphatic carbocycles. The van der Waals surface area contributed by atoms with Crippen LogP contribution in [0.1, 0.15) is 49.8 Å². The Bertz CT molecular complexity index is 981. The predicted molar refractivity (Wildman–Crippen MR) is 109 cm³/mol. The number of carbonyl (C=O) groups excluding carboxylic acids is 1. The van der Waals surface area contributed by atoms with E-state index in [4.69, 9.17) is 0 Å². The lowest BCUT2D eigenvalue weighted by atomic mass is 9.99. The van der Waals surface area contributed by atoms with Gasteiger partial charge in [-0.1, -0.05) is 39.0 Å². The minimum Gasteiger partial charge on any atom is -0.312 e. The minimum absolute atomic E-state index is 0.0592. The molecule has 0 atom stereocenters. The third-order valence-corrected chi connectivity index (χ3v) is 6.37. The van der Waals surface area contributed by atoms with Crippen LogP contribution in [0.3, 0.4) is 0 Å². The van der Waals surface area contributed by atoms with Crippen LogP contribution in [0.15, 0.2) is 41.3 Å². The fourth-order valence-corrected chi connectivity index (χ4v) is 4.71. The third-order valence-electron chi connectivity index (χ3n) is 5.02. The zero-order chi connectivity index (χ0) is 19.8. The molecule has 5 nitrogen and oxygen atoms in total. The van der Waals surface area contributed by atoms with Gasteiger partial charge in [0.15, 0.2) is 0 Å². The predicted octanol–water partition coefficient (Wildman–Crippen LogP) is 4.22. The number of hydrogen-bond acceptors (Lipinski definition) is 3. The number of nitrogens with one attached hydrogen (secondary N) is 1. The summed E-state index contributed by atoms with van der Waals surface area (Å²) in [5.41, 5.74) is 4.23. The molecule has 3 rings (SSSR count). The Kier molecular flexibility index (Phi) is 5.29. The molecule has 1 heterocycles. The van der Waals surface area contributed by atoms with Gasteiger partial charge in [0.25, 0.3) is 10.0 Å². The first-order chi connectivity index (χ1) is 12.7. The molecular weight excluding hydrogens is 360 g/mol. The summed E-state index contributed by atoms with van der Waals surface area (Å²) in [6.07, 6.45) is 1.11. The van der Waals surface area contributed by atoms with E-state index in [1.54, 1.807) is 23.1 Å². The smallest absolute Gasteiger partial charge is 0.261 e. The van der Waals surface area contributed by atoms with Crippen LogP contribution >= 0.6 is 0 Å². The lowest BCUT2D eigenvalue weighted by Crippen LogP contribution is -2.27. The van der Waals surface area contributed by atoms with Gasteiger partial charge < -0.3 is 4.90 Å². The highest BCUT2D eigenvalue weighted by atomic mass is 32.2. The first kappa shape index (κ1) is 19.4. The normalized spacial score (nSPS) is 13.7. The molecule has 0 fully saturated rings. The maximum atomic E-state index is 13.0. The molecule has 0 unspecified atom stereocenters. The second-order valence-electron chi connectivity index (χ2n) is 7.24. The lowest BCUT2D eigenvalue weighted by molar-refractivity contribution is -0.118. The molecular formula is C21H26N2O3S. The van der Waals surface area contributed by atoms with Crippen LogP contribution in [-0.4, -0.2) is 20.9 Å². The van der Waals surface area contributed by atoms with Gasteiger partial charge in [-0.25, -0.2) is 8.42 Å². The van der Waals surface area contributed by atoms with E-state index < -0.39 is 10.0 Å². The summed E-state index contributed by atoms with van der Waals surface area (Å²) in [7, 11) is -3.71. The number of fused-ring (bicyclic) bond motifs is 1. The molecule has 0 bridgehead atoms. The quantitative estimate of drug-likeness (QED) is 0.837. The highest BCUT2D eigenvalue weighted by molar-refractivity contribution is 7.92. The molecule has 2 aromatic carbocycles. The number of nitrogens with zero attached hydrogens (tertiary/aromatic N) is 1. The second-order valence-corrected chi connectivity index (χ2v) is 8.92. The molecule has 1 N–H and O–H groups in total. The van der Waals surface area contributed by atoms with E-state index in [0.29, 0.717) is 25.1 Å². The molecule has 27 heavy (non-hydrogen) atoms. The number of benzene rings is 2. The van der Waals surface area contributed by atoms with Crippen LogP contribution in [0.5, 0.6) is 0 Å². The van der Waals surface area contributed by atoms with Gasteiger partial charge in [0.05, 0.1) is 10.6 Å². The molecule has 144 valence electrons. The summed E-state index contributed by atoms with van der Waals surface area (Å²) in [5, 5.41) is 0. The summed E-state index contributed by atoms with van der Waals surface area (Å²) >= 11 is 0. The zero-order valence-electron chi connectivity index (χ0n) is 16.2. The first-order valence-corrected chi connectivity index (χ1v) is 10.8. The molecule has 0 saturated carbocycles.